The molecule has 1 aromatic carbocycles. The lowest BCUT2D eigenvalue weighted by molar-refractivity contribution is 0.0621. The molecule has 0 heterocycles. The lowest BCUT2D eigenvalue weighted by Crippen LogP contribution is -2.47. The molecule has 0 fully saturated rings. The van der Waals surface area contributed by atoms with Crippen molar-refractivity contribution in [3.05, 3.63) is 29.8 Å². The minimum absolute atomic E-state index is 0.0372. The topological polar surface area (TPSA) is 35.2 Å². The Hall–Kier alpha value is -1.02. The summed E-state index contributed by atoms with van der Waals surface area (Å²) in [6.07, 6.45) is 0.962. The summed E-state index contributed by atoms with van der Waals surface area (Å²) in [4.78, 5) is 0. The Morgan fingerprint density at radius 3 is 2.12 bits per heavy atom. The van der Waals surface area contributed by atoms with E-state index < -0.39 is 0 Å². The van der Waals surface area contributed by atoms with Crippen molar-refractivity contribution in [2.75, 3.05) is 0 Å². The Bertz CT molecular complexity index is 337. The molecule has 0 saturated heterocycles. The first-order chi connectivity index (χ1) is 7.84. The van der Waals surface area contributed by atoms with Gasteiger partial charge in [0, 0.05) is 11.5 Å². The van der Waals surface area contributed by atoms with E-state index >= 15 is 0 Å². The Labute approximate surface area is 105 Å². The normalized spacial score (nSPS) is 15.4. The summed E-state index contributed by atoms with van der Waals surface area (Å²) >= 11 is 0. The summed E-state index contributed by atoms with van der Waals surface area (Å²) in [5.74, 6) is 0.902. The van der Waals surface area contributed by atoms with Crippen LogP contribution in [0.25, 0.3) is 0 Å². The zero-order valence-electron chi connectivity index (χ0n) is 11.7. The van der Waals surface area contributed by atoms with Crippen LogP contribution in [0.5, 0.6) is 5.75 Å². The van der Waals surface area contributed by atoms with Crippen molar-refractivity contribution in [2.45, 2.75) is 53.2 Å². The van der Waals surface area contributed by atoms with Crippen LogP contribution in [0.2, 0.25) is 0 Å². The molecule has 17 heavy (non-hydrogen) atoms. The maximum absolute atomic E-state index is 6.16. The van der Waals surface area contributed by atoms with E-state index in [1.807, 2.05) is 12.1 Å². The summed E-state index contributed by atoms with van der Waals surface area (Å²) in [7, 11) is 0. The van der Waals surface area contributed by atoms with Gasteiger partial charge < -0.3 is 10.5 Å². The van der Waals surface area contributed by atoms with E-state index in [4.69, 9.17) is 10.5 Å². The van der Waals surface area contributed by atoms with E-state index in [9.17, 15) is 0 Å². The van der Waals surface area contributed by atoms with Crippen LogP contribution in [-0.4, -0.2) is 12.1 Å². The van der Waals surface area contributed by atoms with Gasteiger partial charge in [-0.25, -0.2) is 0 Å². The molecule has 0 spiro atoms. The van der Waals surface area contributed by atoms with Crippen LogP contribution < -0.4 is 10.5 Å². The Morgan fingerprint density at radius 2 is 1.71 bits per heavy atom. The molecule has 2 unspecified atom stereocenters. The van der Waals surface area contributed by atoms with E-state index in [0.29, 0.717) is 0 Å². The van der Waals surface area contributed by atoms with E-state index in [2.05, 4.69) is 46.8 Å². The standard InChI is InChI=1S/C15H25NO/c1-6-13(16)14(15(3,4)5)17-12-9-7-11(2)8-10-12/h7-10,13-14H,6,16H2,1-5H3. The third kappa shape index (κ3) is 4.04. The minimum atomic E-state index is 0.0372. The van der Waals surface area contributed by atoms with E-state index in [-0.39, 0.29) is 17.6 Å². The lowest BCUT2D eigenvalue weighted by atomic mass is 9.84. The summed E-state index contributed by atoms with van der Waals surface area (Å²) in [6, 6.07) is 8.21. The van der Waals surface area contributed by atoms with Gasteiger partial charge >= 0.3 is 0 Å². The fourth-order valence-corrected chi connectivity index (χ4v) is 1.88. The molecule has 96 valence electrons. The minimum Gasteiger partial charge on any atom is -0.488 e. The van der Waals surface area contributed by atoms with E-state index in [1.165, 1.54) is 5.56 Å². The highest BCUT2D eigenvalue weighted by Crippen LogP contribution is 2.27. The zero-order valence-corrected chi connectivity index (χ0v) is 11.7. The molecule has 2 N–H and O–H groups in total. The molecule has 1 aromatic rings. The van der Waals surface area contributed by atoms with Crippen molar-refractivity contribution in [3.8, 4) is 5.75 Å². The van der Waals surface area contributed by atoms with Gasteiger partial charge in [-0.1, -0.05) is 45.4 Å². The molecule has 2 atom stereocenters. The third-order valence-corrected chi connectivity index (χ3v) is 3.00. The maximum atomic E-state index is 6.16. The van der Waals surface area contributed by atoms with Gasteiger partial charge in [0.25, 0.3) is 0 Å². The van der Waals surface area contributed by atoms with Crippen molar-refractivity contribution in [1.82, 2.24) is 0 Å². The highest BCUT2D eigenvalue weighted by Gasteiger charge is 2.31. The van der Waals surface area contributed by atoms with Gasteiger partial charge in [0.05, 0.1) is 0 Å². The molecule has 0 aliphatic rings. The van der Waals surface area contributed by atoms with Crippen molar-refractivity contribution < 1.29 is 4.74 Å². The third-order valence-electron chi connectivity index (χ3n) is 3.00. The number of hydrogen-bond donors (Lipinski definition) is 1. The first-order valence-electron chi connectivity index (χ1n) is 6.33. The van der Waals surface area contributed by atoms with Gasteiger partial charge in [-0.2, -0.15) is 0 Å². The molecule has 0 bridgehead atoms. The van der Waals surface area contributed by atoms with Crippen molar-refractivity contribution in [2.24, 2.45) is 11.1 Å². The number of rotatable bonds is 4. The van der Waals surface area contributed by atoms with Crippen LogP contribution in [-0.2, 0) is 0 Å². The van der Waals surface area contributed by atoms with Gasteiger partial charge in [-0.05, 0) is 25.5 Å². The van der Waals surface area contributed by atoms with Crippen LogP contribution in [0.3, 0.4) is 0 Å². The Kier molecular flexibility index (Phi) is 4.58. The van der Waals surface area contributed by atoms with Gasteiger partial charge in [-0.15, -0.1) is 0 Å². The number of aryl methyl sites for hydroxylation is 1. The second kappa shape index (κ2) is 5.54. The number of nitrogens with two attached hydrogens (primary N) is 1. The fraction of sp³-hybridized carbons (Fsp3) is 0.600. The first-order valence-corrected chi connectivity index (χ1v) is 6.33. The highest BCUT2D eigenvalue weighted by molar-refractivity contribution is 5.26. The quantitative estimate of drug-likeness (QED) is 0.866. The van der Waals surface area contributed by atoms with Crippen molar-refractivity contribution in [3.63, 3.8) is 0 Å². The largest absolute Gasteiger partial charge is 0.488 e. The summed E-state index contributed by atoms with van der Waals surface area (Å²) in [6.45, 7) is 10.7. The van der Waals surface area contributed by atoms with Gasteiger partial charge in [0.1, 0.15) is 11.9 Å². The summed E-state index contributed by atoms with van der Waals surface area (Å²) in [5, 5.41) is 0. The van der Waals surface area contributed by atoms with Gasteiger partial charge in [0.15, 0.2) is 0 Å². The van der Waals surface area contributed by atoms with Crippen LogP contribution in [0.15, 0.2) is 24.3 Å². The molecule has 0 aliphatic heterocycles. The number of benzene rings is 1. The zero-order chi connectivity index (χ0) is 13.1. The first kappa shape index (κ1) is 14.0. The van der Waals surface area contributed by atoms with Crippen LogP contribution in [0, 0.1) is 12.3 Å². The molecule has 0 saturated carbocycles. The second-order valence-electron chi connectivity index (χ2n) is 5.79. The highest BCUT2D eigenvalue weighted by atomic mass is 16.5. The predicted molar refractivity (Wildman–Crippen MR) is 73.3 cm³/mol. The molecule has 2 nitrogen and oxygen atoms in total. The van der Waals surface area contributed by atoms with Crippen LogP contribution >= 0.6 is 0 Å². The number of hydrogen-bond acceptors (Lipinski definition) is 2. The van der Waals surface area contributed by atoms with Crippen molar-refractivity contribution in [1.29, 1.82) is 0 Å². The van der Waals surface area contributed by atoms with Gasteiger partial charge in [0.2, 0.25) is 0 Å². The van der Waals surface area contributed by atoms with E-state index in [0.717, 1.165) is 12.2 Å². The summed E-state index contributed by atoms with van der Waals surface area (Å²) < 4.78 is 6.06. The van der Waals surface area contributed by atoms with Crippen molar-refractivity contribution >= 4 is 0 Å². The Balaban J connectivity index is 2.83. The monoisotopic (exact) mass is 235 g/mol. The van der Waals surface area contributed by atoms with Gasteiger partial charge in [-0.3, -0.25) is 0 Å². The fourth-order valence-electron chi connectivity index (χ4n) is 1.88. The van der Waals surface area contributed by atoms with E-state index in [1.54, 1.807) is 0 Å². The summed E-state index contributed by atoms with van der Waals surface area (Å²) in [5.41, 5.74) is 7.44. The molecular weight excluding hydrogens is 210 g/mol. The lowest BCUT2D eigenvalue weighted by Gasteiger charge is -2.35. The molecule has 2 heteroatoms. The molecule has 0 aliphatic carbocycles. The SMILES string of the molecule is CCC(N)C(Oc1ccc(C)cc1)C(C)(C)C. The second-order valence-corrected chi connectivity index (χ2v) is 5.79. The predicted octanol–water partition coefficient (Wildman–Crippen LogP) is 3.53. The smallest absolute Gasteiger partial charge is 0.119 e. The molecular formula is C15H25NO. The molecule has 1 rings (SSSR count). The Morgan fingerprint density at radius 1 is 1.18 bits per heavy atom. The molecule has 0 aromatic heterocycles. The average Bonchev–Trinajstić information content (AvgIpc) is 2.25. The number of ether oxygens (including phenoxy) is 1. The average molecular weight is 235 g/mol. The van der Waals surface area contributed by atoms with Crippen LogP contribution in [0.4, 0.5) is 0 Å². The van der Waals surface area contributed by atoms with Crippen LogP contribution in [0.1, 0.15) is 39.7 Å². The molecule has 0 amide bonds. The maximum Gasteiger partial charge on any atom is 0.119 e. The molecule has 0 radical (unpaired) electrons.